The summed E-state index contributed by atoms with van der Waals surface area (Å²) >= 11 is 0. The van der Waals surface area contributed by atoms with Gasteiger partial charge in [0.15, 0.2) is 0 Å². The first-order chi connectivity index (χ1) is 11.1. The lowest BCUT2D eigenvalue weighted by atomic mass is 10.00. The highest BCUT2D eigenvalue weighted by atomic mass is 19.1. The average molecular weight is 317 g/mol. The van der Waals surface area contributed by atoms with Crippen molar-refractivity contribution in [1.82, 2.24) is 14.5 Å². The first-order valence-electron chi connectivity index (χ1n) is 8.04. The molecule has 1 aromatic carbocycles. The van der Waals surface area contributed by atoms with Gasteiger partial charge in [-0.1, -0.05) is 6.92 Å². The van der Waals surface area contributed by atoms with E-state index >= 15 is 0 Å². The number of halogens is 1. The van der Waals surface area contributed by atoms with Crippen molar-refractivity contribution in [3.8, 4) is 0 Å². The number of hydrogen-bond donors (Lipinski definition) is 0. The molecule has 1 amide bonds. The second-order valence-electron chi connectivity index (χ2n) is 5.98. The van der Waals surface area contributed by atoms with Crippen molar-refractivity contribution >= 4 is 16.8 Å². The Kier molecular flexibility index (Phi) is 4.41. The zero-order valence-electron chi connectivity index (χ0n) is 13.2. The van der Waals surface area contributed by atoms with Gasteiger partial charge in [0.25, 0.3) is 5.56 Å². The van der Waals surface area contributed by atoms with Crippen LogP contribution in [0.1, 0.15) is 32.6 Å². The summed E-state index contributed by atoms with van der Waals surface area (Å²) in [5, 5.41) is 0.326. The first kappa shape index (κ1) is 15.6. The summed E-state index contributed by atoms with van der Waals surface area (Å²) in [4.78, 5) is 31.0. The Bertz CT molecular complexity index is 787. The van der Waals surface area contributed by atoms with Crippen molar-refractivity contribution in [2.75, 3.05) is 6.54 Å². The van der Waals surface area contributed by atoms with E-state index in [2.05, 4.69) is 11.9 Å². The van der Waals surface area contributed by atoms with Gasteiger partial charge in [-0.25, -0.2) is 9.37 Å². The van der Waals surface area contributed by atoms with E-state index in [4.69, 9.17) is 0 Å². The third kappa shape index (κ3) is 3.11. The van der Waals surface area contributed by atoms with Gasteiger partial charge in [0.05, 0.1) is 17.2 Å². The molecule has 0 bridgehead atoms. The molecule has 2 heterocycles. The Hall–Kier alpha value is -2.24. The molecule has 2 aromatic rings. The largest absolute Gasteiger partial charge is 0.338 e. The number of carbonyl (C=O) groups is 1. The van der Waals surface area contributed by atoms with E-state index < -0.39 is 5.82 Å². The van der Waals surface area contributed by atoms with Crippen LogP contribution in [0.25, 0.3) is 10.9 Å². The smallest absolute Gasteiger partial charge is 0.261 e. The van der Waals surface area contributed by atoms with E-state index in [1.165, 1.54) is 29.1 Å². The fourth-order valence-corrected chi connectivity index (χ4v) is 3.23. The Morgan fingerprint density at radius 2 is 2.22 bits per heavy atom. The molecule has 5 nitrogen and oxygen atoms in total. The predicted molar refractivity (Wildman–Crippen MR) is 85.6 cm³/mol. The lowest BCUT2D eigenvalue weighted by Gasteiger charge is -2.35. The normalized spacial score (nSPS) is 18.3. The molecule has 1 fully saturated rings. The number of fused-ring (bicyclic) bond motifs is 1. The van der Waals surface area contributed by atoms with Gasteiger partial charge in [-0.15, -0.1) is 0 Å². The van der Waals surface area contributed by atoms with Crippen molar-refractivity contribution in [3.63, 3.8) is 0 Å². The summed E-state index contributed by atoms with van der Waals surface area (Å²) in [5.74, 6) is -0.487. The van der Waals surface area contributed by atoms with E-state index in [0.29, 0.717) is 10.9 Å². The van der Waals surface area contributed by atoms with Crippen LogP contribution in [0.4, 0.5) is 4.39 Å². The minimum Gasteiger partial charge on any atom is -0.338 e. The zero-order valence-corrected chi connectivity index (χ0v) is 13.2. The molecule has 1 saturated heterocycles. The molecule has 1 atom stereocenters. The second kappa shape index (κ2) is 6.48. The number of likely N-dealkylation sites (tertiary alicyclic amines) is 1. The first-order valence-corrected chi connectivity index (χ1v) is 8.04. The second-order valence-corrected chi connectivity index (χ2v) is 5.98. The summed E-state index contributed by atoms with van der Waals surface area (Å²) < 4.78 is 14.5. The maximum atomic E-state index is 13.2. The van der Waals surface area contributed by atoms with E-state index in [1.54, 1.807) is 0 Å². The van der Waals surface area contributed by atoms with Gasteiger partial charge in [-0.3, -0.25) is 14.2 Å². The summed E-state index contributed by atoms with van der Waals surface area (Å²) in [6.07, 6.45) is 5.42. The summed E-state index contributed by atoms with van der Waals surface area (Å²) in [7, 11) is 0. The number of aromatic nitrogens is 2. The van der Waals surface area contributed by atoms with Crippen LogP contribution < -0.4 is 5.56 Å². The van der Waals surface area contributed by atoms with Crippen molar-refractivity contribution in [2.45, 2.75) is 45.2 Å². The van der Waals surface area contributed by atoms with Crippen molar-refractivity contribution in [3.05, 3.63) is 40.7 Å². The van der Waals surface area contributed by atoms with Crippen LogP contribution in [-0.4, -0.2) is 32.9 Å². The van der Waals surface area contributed by atoms with Gasteiger partial charge in [-0.05, 0) is 37.8 Å². The topological polar surface area (TPSA) is 55.2 Å². The number of carbonyl (C=O) groups excluding carboxylic acids is 1. The van der Waals surface area contributed by atoms with Crippen LogP contribution in [0.5, 0.6) is 0 Å². The highest BCUT2D eigenvalue weighted by molar-refractivity contribution is 5.79. The van der Waals surface area contributed by atoms with Crippen LogP contribution in [0.15, 0.2) is 29.3 Å². The maximum absolute atomic E-state index is 13.2. The number of rotatable bonds is 3. The van der Waals surface area contributed by atoms with Crippen molar-refractivity contribution in [1.29, 1.82) is 0 Å². The Labute approximate surface area is 133 Å². The number of amides is 1. The van der Waals surface area contributed by atoms with Crippen LogP contribution in [0.2, 0.25) is 0 Å². The third-order valence-corrected chi connectivity index (χ3v) is 4.51. The number of hydrogen-bond acceptors (Lipinski definition) is 3. The minimum absolute atomic E-state index is 0.0182. The molecule has 1 aliphatic rings. The van der Waals surface area contributed by atoms with Crippen molar-refractivity contribution in [2.24, 2.45) is 0 Å². The minimum atomic E-state index is -0.433. The molecular formula is C17H20FN3O2. The number of benzene rings is 1. The molecule has 1 unspecified atom stereocenters. The van der Waals surface area contributed by atoms with Gasteiger partial charge >= 0.3 is 0 Å². The van der Waals surface area contributed by atoms with Gasteiger partial charge in [0, 0.05) is 18.7 Å². The molecule has 1 aliphatic heterocycles. The van der Waals surface area contributed by atoms with E-state index in [-0.39, 0.29) is 24.1 Å². The Balaban J connectivity index is 1.86. The SMILES string of the molecule is CCC1CCCCN1C(=O)Cn1cnc2cc(F)ccc2c1=O. The van der Waals surface area contributed by atoms with Gasteiger partial charge in [-0.2, -0.15) is 0 Å². The highest BCUT2D eigenvalue weighted by Gasteiger charge is 2.25. The molecule has 0 N–H and O–H groups in total. The molecule has 0 spiro atoms. The fraction of sp³-hybridized carbons (Fsp3) is 0.471. The molecule has 0 aliphatic carbocycles. The molecule has 0 radical (unpaired) electrons. The average Bonchev–Trinajstić information content (AvgIpc) is 2.57. The number of piperidine rings is 1. The molecule has 1 aromatic heterocycles. The van der Waals surface area contributed by atoms with Crippen LogP contribution in [0.3, 0.4) is 0 Å². The molecule has 23 heavy (non-hydrogen) atoms. The van der Waals surface area contributed by atoms with E-state index in [0.717, 1.165) is 32.2 Å². The maximum Gasteiger partial charge on any atom is 0.261 e. The lowest BCUT2D eigenvalue weighted by Crippen LogP contribution is -2.45. The highest BCUT2D eigenvalue weighted by Crippen LogP contribution is 2.19. The third-order valence-electron chi connectivity index (χ3n) is 4.51. The quantitative estimate of drug-likeness (QED) is 0.873. The van der Waals surface area contributed by atoms with Gasteiger partial charge < -0.3 is 4.90 Å². The Morgan fingerprint density at radius 1 is 1.39 bits per heavy atom. The van der Waals surface area contributed by atoms with E-state index in [1.807, 2.05) is 4.90 Å². The fourth-order valence-electron chi connectivity index (χ4n) is 3.23. The molecule has 122 valence electrons. The number of nitrogens with zero attached hydrogens (tertiary/aromatic N) is 3. The Morgan fingerprint density at radius 3 is 3.00 bits per heavy atom. The van der Waals surface area contributed by atoms with Crippen molar-refractivity contribution < 1.29 is 9.18 Å². The monoisotopic (exact) mass is 317 g/mol. The van der Waals surface area contributed by atoms with Crippen LogP contribution in [0, 0.1) is 5.82 Å². The zero-order chi connectivity index (χ0) is 16.4. The summed E-state index contributed by atoms with van der Waals surface area (Å²) in [6, 6.07) is 4.13. The standard InChI is InChI=1S/C17H20FN3O2/c1-2-13-5-3-4-8-21(13)16(22)10-20-11-19-15-9-12(18)6-7-14(15)17(20)23/h6-7,9,11,13H,2-5,8,10H2,1H3. The van der Waals surface area contributed by atoms with Gasteiger partial charge in [0.2, 0.25) is 5.91 Å². The predicted octanol–water partition coefficient (Wildman–Crippen LogP) is 2.33. The molecule has 6 heteroatoms. The van der Waals surface area contributed by atoms with Crippen LogP contribution >= 0.6 is 0 Å². The molecular weight excluding hydrogens is 297 g/mol. The lowest BCUT2D eigenvalue weighted by molar-refractivity contribution is -0.135. The summed E-state index contributed by atoms with van der Waals surface area (Å²) in [6.45, 7) is 2.81. The molecule has 3 rings (SSSR count). The van der Waals surface area contributed by atoms with E-state index in [9.17, 15) is 14.0 Å². The van der Waals surface area contributed by atoms with Crippen LogP contribution in [-0.2, 0) is 11.3 Å². The summed E-state index contributed by atoms with van der Waals surface area (Å²) in [5.41, 5.74) is -0.00323. The van der Waals surface area contributed by atoms with Gasteiger partial charge in [0.1, 0.15) is 12.4 Å². The molecule has 0 saturated carbocycles.